The van der Waals surface area contributed by atoms with E-state index in [-0.39, 0.29) is 11.8 Å². The lowest BCUT2D eigenvalue weighted by molar-refractivity contribution is -0.126. The molecule has 4 nitrogen and oxygen atoms in total. The number of nitrogen functional groups attached to an aromatic ring is 1. The summed E-state index contributed by atoms with van der Waals surface area (Å²) >= 11 is 0. The third-order valence-corrected chi connectivity index (χ3v) is 4.14. The number of benzene rings is 1. The lowest BCUT2D eigenvalue weighted by atomic mass is 10.0. The van der Waals surface area contributed by atoms with Gasteiger partial charge in [0, 0.05) is 24.5 Å². The van der Waals surface area contributed by atoms with Crippen molar-refractivity contribution in [1.82, 2.24) is 0 Å². The summed E-state index contributed by atoms with van der Waals surface area (Å²) in [5.41, 5.74) is 10.1. The van der Waals surface area contributed by atoms with Crippen molar-refractivity contribution in [3.8, 4) is 0 Å². The van der Waals surface area contributed by atoms with Crippen LogP contribution in [0.1, 0.15) is 24.0 Å². The number of rotatable bonds is 1. The molecule has 1 saturated heterocycles. The topological polar surface area (TPSA) is 55.6 Å². The Labute approximate surface area is 113 Å². The van der Waals surface area contributed by atoms with Crippen LogP contribution in [0.15, 0.2) is 12.1 Å². The Morgan fingerprint density at radius 3 is 3.05 bits per heavy atom. The number of carbonyl (C=O) groups excluding carboxylic acids is 1. The van der Waals surface area contributed by atoms with Gasteiger partial charge in [-0.05, 0) is 43.4 Å². The molecule has 102 valence electrons. The van der Waals surface area contributed by atoms with E-state index >= 15 is 0 Å². The van der Waals surface area contributed by atoms with Gasteiger partial charge in [-0.15, -0.1) is 0 Å². The van der Waals surface area contributed by atoms with E-state index in [0.29, 0.717) is 6.61 Å². The maximum absolute atomic E-state index is 12.6. The van der Waals surface area contributed by atoms with Crippen LogP contribution in [-0.4, -0.2) is 25.7 Å². The molecule has 0 aliphatic carbocycles. The normalized spacial score (nSPS) is 22.4. The molecule has 1 amide bonds. The van der Waals surface area contributed by atoms with Crippen LogP contribution in [0, 0.1) is 12.8 Å². The highest BCUT2D eigenvalue weighted by molar-refractivity contribution is 5.97. The second kappa shape index (κ2) is 4.85. The molecule has 2 aliphatic rings. The zero-order chi connectivity index (χ0) is 13.4. The maximum atomic E-state index is 12.6. The van der Waals surface area contributed by atoms with Gasteiger partial charge < -0.3 is 15.4 Å². The Morgan fingerprint density at radius 2 is 2.32 bits per heavy atom. The quantitative estimate of drug-likeness (QED) is 0.785. The number of hydrogen-bond donors (Lipinski definition) is 1. The van der Waals surface area contributed by atoms with Gasteiger partial charge in [-0.3, -0.25) is 4.79 Å². The molecule has 0 spiro atoms. The van der Waals surface area contributed by atoms with Crippen molar-refractivity contribution in [3.05, 3.63) is 23.3 Å². The molecular formula is C15H20N2O2. The van der Waals surface area contributed by atoms with Gasteiger partial charge in [0.25, 0.3) is 0 Å². The number of aryl methyl sites for hydroxylation is 1. The van der Waals surface area contributed by atoms with Crippen LogP contribution in [0.5, 0.6) is 0 Å². The zero-order valence-electron chi connectivity index (χ0n) is 11.3. The highest BCUT2D eigenvalue weighted by atomic mass is 16.5. The molecule has 0 aromatic heterocycles. The predicted molar refractivity (Wildman–Crippen MR) is 75.2 cm³/mol. The lowest BCUT2D eigenvalue weighted by Gasteiger charge is -2.27. The Balaban J connectivity index is 1.85. The molecule has 1 atom stereocenters. The molecule has 19 heavy (non-hydrogen) atoms. The largest absolute Gasteiger partial charge is 0.398 e. The summed E-state index contributed by atoms with van der Waals surface area (Å²) in [5.74, 6) is 0.212. The lowest BCUT2D eigenvalue weighted by Crippen LogP contribution is -2.38. The van der Waals surface area contributed by atoms with Gasteiger partial charge in [0.15, 0.2) is 0 Å². The standard InChI is InChI=1S/C15H20N2O2/c1-10-7-11-4-5-17(14(11)8-13(10)16)15(18)12-3-2-6-19-9-12/h7-8,12H,2-6,9,16H2,1H3. The van der Waals surface area contributed by atoms with Crippen molar-refractivity contribution in [3.63, 3.8) is 0 Å². The molecule has 2 aliphatic heterocycles. The fourth-order valence-corrected chi connectivity index (χ4v) is 2.96. The molecular weight excluding hydrogens is 240 g/mol. The molecule has 3 rings (SSSR count). The van der Waals surface area contributed by atoms with Crippen molar-refractivity contribution in [1.29, 1.82) is 0 Å². The van der Waals surface area contributed by atoms with Crippen molar-refractivity contribution in [2.45, 2.75) is 26.2 Å². The Morgan fingerprint density at radius 1 is 1.47 bits per heavy atom. The molecule has 1 aromatic rings. The average Bonchev–Trinajstić information content (AvgIpc) is 2.82. The summed E-state index contributed by atoms with van der Waals surface area (Å²) in [6.07, 6.45) is 2.84. The minimum absolute atomic E-state index is 0.0160. The fourth-order valence-electron chi connectivity index (χ4n) is 2.96. The second-order valence-electron chi connectivity index (χ2n) is 5.49. The van der Waals surface area contributed by atoms with Gasteiger partial charge in [-0.25, -0.2) is 0 Å². The number of hydrogen-bond acceptors (Lipinski definition) is 3. The smallest absolute Gasteiger partial charge is 0.232 e. The molecule has 0 bridgehead atoms. The first-order chi connectivity index (χ1) is 9.16. The first kappa shape index (κ1) is 12.5. The highest BCUT2D eigenvalue weighted by Crippen LogP contribution is 2.33. The monoisotopic (exact) mass is 260 g/mol. The number of carbonyl (C=O) groups is 1. The van der Waals surface area contributed by atoms with Crippen molar-refractivity contribution in [2.75, 3.05) is 30.4 Å². The second-order valence-corrected chi connectivity index (χ2v) is 5.49. The number of nitrogens with two attached hydrogens (primary N) is 1. The van der Waals surface area contributed by atoms with E-state index in [1.54, 1.807) is 0 Å². The molecule has 1 fully saturated rings. The van der Waals surface area contributed by atoms with E-state index in [1.165, 1.54) is 5.56 Å². The molecule has 1 unspecified atom stereocenters. The van der Waals surface area contributed by atoms with Crippen LogP contribution in [0.25, 0.3) is 0 Å². The van der Waals surface area contributed by atoms with Crippen LogP contribution in [-0.2, 0) is 16.0 Å². The summed E-state index contributed by atoms with van der Waals surface area (Å²) in [7, 11) is 0. The van der Waals surface area contributed by atoms with E-state index < -0.39 is 0 Å². The summed E-state index contributed by atoms with van der Waals surface area (Å²) < 4.78 is 5.42. The van der Waals surface area contributed by atoms with E-state index in [0.717, 1.165) is 49.4 Å². The zero-order valence-corrected chi connectivity index (χ0v) is 11.3. The molecule has 2 heterocycles. The van der Waals surface area contributed by atoms with Gasteiger partial charge in [0.2, 0.25) is 5.91 Å². The molecule has 2 N–H and O–H groups in total. The molecule has 1 aromatic carbocycles. The van der Waals surface area contributed by atoms with E-state index in [4.69, 9.17) is 10.5 Å². The number of fused-ring (bicyclic) bond motifs is 1. The first-order valence-corrected chi connectivity index (χ1v) is 6.95. The summed E-state index contributed by atoms with van der Waals surface area (Å²) in [4.78, 5) is 14.5. The minimum atomic E-state index is 0.0160. The van der Waals surface area contributed by atoms with Crippen LogP contribution >= 0.6 is 0 Å². The average molecular weight is 260 g/mol. The Kier molecular flexibility index (Phi) is 3.19. The first-order valence-electron chi connectivity index (χ1n) is 6.95. The van der Waals surface area contributed by atoms with E-state index in [9.17, 15) is 4.79 Å². The van der Waals surface area contributed by atoms with E-state index in [1.807, 2.05) is 17.9 Å². The van der Waals surface area contributed by atoms with Gasteiger partial charge in [0.1, 0.15) is 0 Å². The van der Waals surface area contributed by atoms with Crippen molar-refractivity contribution in [2.24, 2.45) is 5.92 Å². The number of anilines is 2. The Hall–Kier alpha value is -1.55. The molecule has 4 heteroatoms. The maximum Gasteiger partial charge on any atom is 0.232 e. The van der Waals surface area contributed by atoms with Gasteiger partial charge in [-0.2, -0.15) is 0 Å². The fraction of sp³-hybridized carbons (Fsp3) is 0.533. The predicted octanol–water partition coefficient (Wildman–Crippen LogP) is 1.89. The van der Waals surface area contributed by atoms with Crippen LogP contribution in [0.2, 0.25) is 0 Å². The van der Waals surface area contributed by atoms with Crippen LogP contribution in [0.3, 0.4) is 0 Å². The molecule has 0 radical (unpaired) electrons. The summed E-state index contributed by atoms with van der Waals surface area (Å²) in [6.45, 7) is 4.13. The highest BCUT2D eigenvalue weighted by Gasteiger charge is 2.31. The van der Waals surface area contributed by atoms with Crippen LogP contribution in [0.4, 0.5) is 11.4 Å². The number of ether oxygens (including phenoxy) is 1. The number of nitrogens with zero attached hydrogens (tertiary/aromatic N) is 1. The SMILES string of the molecule is Cc1cc2c(cc1N)N(C(=O)C1CCCOC1)CC2. The van der Waals surface area contributed by atoms with Gasteiger partial charge >= 0.3 is 0 Å². The van der Waals surface area contributed by atoms with Gasteiger partial charge in [0.05, 0.1) is 12.5 Å². The van der Waals surface area contributed by atoms with Crippen molar-refractivity contribution >= 4 is 17.3 Å². The van der Waals surface area contributed by atoms with Crippen molar-refractivity contribution < 1.29 is 9.53 Å². The number of amides is 1. The Bertz CT molecular complexity index is 507. The van der Waals surface area contributed by atoms with Gasteiger partial charge in [-0.1, -0.05) is 6.07 Å². The van der Waals surface area contributed by atoms with E-state index in [2.05, 4.69) is 6.07 Å². The third-order valence-electron chi connectivity index (χ3n) is 4.14. The minimum Gasteiger partial charge on any atom is -0.398 e. The third kappa shape index (κ3) is 2.21. The summed E-state index contributed by atoms with van der Waals surface area (Å²) in [6, 6.07) is 4.05. The van der Waals surface area contributed by atoms with Crippen LogP contribution < -0.4 is 10.6 Å². The summed E-state index contributed by atoms with van der Waals surface area (Å²) in [5, 5.41) is 0. The molecule has 0 saturated carbocycles.